The molecule has 6 nitrogen and oxygen atoms in total. The van der Waals surface area contributed by atoms with Crippen molar-refractivity contribution in [1.29, 1.82) is 0 Å². The van der Waals surface area contributed by atoms with Crippen molar-refractivity contribution < 1.29 is 24.5 Å². The quantitative estimate of drug-likeness (QED) is 0.338. The Labute approximate surface area is 136 Å². The van der Waals surface area contributed by atoms with Crippen LogP contribution in [-0.2, 0) is 27.2 Å². The molecule has 0 saturated heterocycles. The number of aliphatic hydroxyl groups excluding tert-OH is 1. The average Bonchev–Trinajstić information content (AvgIpc) is 2.56. The molecule has 0 aliphatic carbocycles. The van der Waals surface area contributed by atoms with E-state index < -0.39 is 17.9 Å². The Bertz CT molecular complexity index is 517. The molecular formula is C17H25NO5. The Kier molecular flexibility index (Phi) is 8.29. The number of unbranched alkanes of at least 4 members (excludes halogenated alkanes) is 1. The monoisotopic (exact) mass is 323 g/mol. The highest BCUT2D eigenvalue weighted by molar-refractivity contribution is 5.94. The van der Waals surface area contributed by atoms with Gasteiger partial charge in [0.05, 0.1) is 13.7 Å². The molecule has 0 saturated carbocycles. The zero-order valence-corrected chi connectivity index (χ0v) is 13.4. The number of esters is 1. The van der Waals surface area contributed by atoms with Gasteiger partial charge in [0, 0.05) is 6.04 Å². The summed E-state index contributed by atoms with van der Waals surface area (Å²) in [5.41, 5.74) is 7.54. The molecule has 1 aromatic rings. The van der Waals surface area contributed by atoms with E-state index in [-0.39, 0.29) is 19.1 Å². The number of aliphatic hydroxyl groups is 1. The van der Waals surface area contributed by atoms with Gasteiger partial charge in [0.2, 0.25) is 0 Å². The molecule has 1 unspecified atom stereocenters. The van der Waals surface area contributed by atoms with Crippen molar-refractivity contribution in [2.45, 2.75) is 38.1 Å². The van der Waals surface area contributed by atoms with Crippen molar-refractivity contribution in [2.75, 3.05) is 13.7 Å². The summed E-state index contributed by atoms with van der Waals surface area (Å²) in [5.74, 6) is -3.11. The number of carbonyl (C=O) groups excluding carboxylic acids is 1. The van der Waals surface area contributed by atoms with Crippen LogP contribution in [0.2, 0.25) is 0 Å². The minimum atomic E-state index is -1.19. The van der Waals surface area contributed by atoms with Gasteiger partial charge in [0.15, 0.2) is 5.92 Å². The van der Waals surface area contributed by atoms with Crippen LogP contribution in [0, 0.1) is 5.92 Å². The van der Waals surface area contributed by atoms with E-state index in [1.165, 1.54) is 7.11 Å². The van der Waals surface area contributed by atoms with E-state index >= 15 is 0 Å². The largest absolute Gasteiger partial charge is 0.481 e. The first-order valence-corrected chi connectivity index (χ1v) is 7.73. The summed E-state index contributed by atoms with van der Waals surface area (Å²) >= 11 is 0. The van der Waals surface area contributed by atoms with E-state index in [1.807, 2.05) is 24.3 Å². The number of carboxylic acids is 1. The van der Waals surface area contributed by atoms with Gasteiger partial charge in [-0.25, -0.2) is 0 Å². The van der Waals surface area contributed by atoms with E-state index in [1.54, 1.807) is 0 Å². The Balaban J connectivity index is 2.69. The van der Waals surface area contributed by atoms with Crippen LogP contribution >= 0.6 is 0 Å². The number of benzene rings is 1. The molecule has 23 heavy (non-hydrogen) atoms. The van der Waals surface area contributed by atoms with Crippen LogP contribution in [0.15, 0.2) is 24.3 Å². The van der Waals surface area contributed by atoms with Crippen LogP contribution < -0.4 is 5.73 Å². The number of aliphatic carboxylic acids is 1. The van der Waals surface area contributed by atoms with Crippen LogP contribution in [0.3, 0.4) is 0 Å². The van der Waals surface area contributed by atoms with E-state index in [0.29, 0.717) is 0 Å². The van der Waals surface area contributed by atoms with Gasteiger partial charge in [-0.3, -0.25) is 9.59 Å². The highest BCUT2D eigenvalue weighted by atomic mass is 16.5. The molecular weight excluding hydrogens is 298 g/mol. The Morgan fingerprint density at radius 2 is 1.87 bits per heavy atom. The van der Waals surface area contributed by atoms with Gasteiger partial charge in [0.25, 0.3) is 0 Å². The highest BCUT2D eigenvalue weighted by Crippen LogP contribution is 2.18. The maximum Gasteiger partial charge on any atom is 0.320 e. The van der Waals surface area contributed by atoms with Crippen LogP contribution in [0.4, 0.5) is 0 Å². The number of nitrogens with two attached hydrogens (primary N) is 1. The summed E-state index contributed by atoms with van der Waals surface area (Å²) < 4.78 is 4.57. The molecule has 0 aromatic heterocycles. The fourth-order valence-electron chi connectivity index (χ4n) is 2.45. The molecule has 2 atom stereocenters. The lowest BCUT2D eigenvalue weighted by Gasteiger charge is -2.14. The van der Waals surface area contributed by atoms with Gasteiger partial charge in [-0.05, 0) is 36.8 Å². The third-order valence-electron chi connectivity index (χ3n) is 3.83. The van der Waals surface area contributed by atoms with Crippen molar-refractivity contribution in [1.82, 2.24) is 0 Å². The number of hydrogen-bond acceptors (Lipinski definition) is 5. The van der Waals surface area contributed by atoms with Crippen LogP contribution in [0.5, 0.6) is 0 Å². The van der Waals surface area contributed by atoms with Gasteiger partial charge >= 0.3 is 11.9 Å². The number of rotatable bonds is 10. The van der Waals surface area contributed by atoms with Crippen molar-refractivity contribution in [3.05, 3.63) is 35.4 Å². The van der Waals surface area contributed by atoms with Crippen molar-refractivity contribution in [3.63, 3.8) is 0 Å². The van der Waals surface area contributed by atoms with Gasteiger partial charge in [0.1, 0.15) is 0 Å². The SMILES string of the molecule is COC(=O)C(Cc1ccccc1CCCC[C@H](N)CO)C(=O)O. The summed E-state index contributed by atoms with van der Waals surface area (Å²) in [6.07, 6.45) is 3.42. The van der Waals surface area contributed by atoms with E-state index in [0.717, 1.165) is 36.8 Å². The molecule has 1 rings (SSSR count). The molecule has 0 radical (unpaired) electrons. The van der Waals surface area contributed by atoms with E-state index in [9.17, 15) is 14.7 Å². The predicted molar refractivity (Wildman–Crippen MR) is 85.9 cm³/mol. The number of aryl methyl sites for hydroxylation is 1. The zero-order chi connectivity index (χ0) is 17.2. The predicted octanol–water partition coefficient (Wildman–Crippen LogP) is 1.14. The number of carbonyl (C=O) groups is 2. The fourth-order valence-corrected chi connectivity index (χ4v) is 2.45. The lowest BCUT2D eigenvalue weighted by Crippen LogP contribution is -2.27. The first kappa shape index (κ1) is 19.1. The molecule has 0 spiro atoms. The molecule has 0 heterocycles. The lowest BCUT2D eigenvalue weighted by molar-refractivity contribution is -0.156. The Morgan fingerprint density at radius 3 is 2.43 bits per heavy atom. The number of ether oxygens (including phenoxy) is 1. The first-order valence-electron chi connectivity index (χ1n) is 7.73. The highest BCUT2D eigenvalue weighted by Gasteiger charge is 2.28. The maximum absolute atomic E-state index is 11.6. The summed E-state index contributed by atoms with van der Waals surface area (Å²) in [5, 5.41) is 18.1. The van der Waals surface area contributed by atoms with Gasteiger partial charge in [-0.2, -0.15) is 0 Å². The molecule has 0 bridgehead atoms. The topological polar surface area (TPSA) is 110 Å². The molecule has 128 valence electrons. The Morgan fingerprint density at radius 1 is 1.22 bits per heavy atom. The maximum atomic E-state index is 11.6. The molecule has 0 amide bonds. The Hall–Kier alpha value is -1.92. The lowest BCUT2D eigenvalue weighted by atomic mass is 9.93. The minimum Gasteiger partial charge on any atom is -0.481 e. The van der Waals surface area contributed by atoms with Gasteiger partial charge in [-0.15, -0.1) is 0 Å². The van der Waals surface area contributed by atoms with E-state index in [4.69, 9.17) is 10.8 Å². The second-order valence-corrected chi connectivity index (χ2v) is 5.58. The molecule has 1 aromatic carbocycles. The molecule has 0 fully saturated rings. The summed E-state index contributed by atoms with van der Waals surface area (Å²) in [4.78, 5) is 22.8. The number of hydrogen-bond donors (Lipinski definition) is 3. The second-order valence-electron chi connectivity index (χ2n) is 5.58. The molecule has 4 N–H and O–H groups in total. The van der Waals surface area contributed by atoms with Crippen LogP contribution in [0.25, 0.3) is 0 Å². The second kappa shape index (κ2) is 9.97. The third kappa shape index (κ3) is 6.38. The van der Waals surface area contributed by atoms with Crippen molar-refractivity contribution in [3.8, 4) is 0 Å². The van der Waals surface area contributed by atoms with Crippen LogP contribution in [-0.4, -0.2) is 41.9 Å². The standard InChI is InChI=1S/C17H25NO5/c1-23-17(22)15(16(20)21)10-13-8-3-2-6-12(13)7-4-5-9-14(18)11-19/h2-3,6,8,14-15,19H,4-5,7,9-11,18H2,1H3,(H,20,21)/t14-,15?/m0/s1. The zero-order valence-electron chi connectivity index (χ0n) is 13.4. The normalized spacial score (nSPS) is 13.3. The molecule has 6 heteroatoms. The van der Waals surface area contributed by atoms with Gasteiger partial charge < -0.3 is 20.7 Å². The fraction of sp³-hybridized carbons (Fsp3) is 0.529. The number of carboxylic acid groups (broad SMARTS) is 1. The summed E-state index contributed by atoms with van der Waals surface area (Å²) in [7, 11) is 1.19. The molecule has 0 aliphatic heterocycles. The molecule has 0 aliphatic rings. The summed E-state index contributed by atoms with van der Waals surface area (Å²) in [6.45, 7) is -0.0178. The first-order chi connectivity index (χ1) is 11.0. The number of methoxy groups -OCH3 is 1. The van der Waals surface area contributed by atoms with Crippen LogP contribution in [0.1, 0.15) is 30.4 Å². The minimum absolute atomic E-state index is 0.0178. The third-order valence-corrected chi connectivity index (χ3v) is 3.83. The summed E-state index contributed by atoms with van der Waals surface area (Å²) in [6, 6.07) is 7.31. The van der Waals surface area contributed by atoms with Crippen molar-refractivity contribution >= 4 is 11.9 Å². The van der Waals surface area contributed by atoms with Gasteiger partial charge in [-0.1, -0.05) is 30.7 Å². The van der Waals surface area contributed by atoms with E-state index in [2.05, 4.69) is 4.74 Å². The smallest absolute Gasteiger partial charge is 0.320 e. The average molecular weight is 323 g/mol. The van der Waals surface area contributed by atoms with Crippen molar-refractivity contribution in [2.24, 2.45) is 11.7 Å².